The van der Waals surface area contributed by atoms with Crippen LogP contribution in [0.15, 0.2) is 30.3 Å². The van der Waals surface area contributed by atoms with Gasteiger partial charge in [-0.15, -0.1) is 0 Å². The molecule has 0 radical (unpaired) electrons. The lowest BCUT2D eigenvalue weighted by atomic mass is 9.76. The molecule has 1 N–H and O–H groups in total. The maximum absolute atomic E-state index is 12.3. The van der Waals surface area contributed by atoms with E-state index < -0.39 is 5.60 Å². The molecule has 2 unspecified atom stereocenters. The van der Waals surface area contributed by atoms with E-state index in [0.717, 1.165) is 26.1 Å². The average Bonchev–Trinajstić information content (AvgIpc) is 2.95. The number of carbonyl (C=O) groups excluding carboxylic acids is 1. The van der Waals surface area contributed by atoms with E-state index in [1.807, 2.05) is 31.7 Å². The van der Waals surface area contributed by atoms with Crippen molar-refractivity contribution in [2.75, 3.05) is 19.6 Å². The van der Waals surface area contributed by atoms with Crippen LogP contribution in [0.1, 0.15) is 32.8 Å². The first-order valence-electron chi connectivity index (χ1n) is 7.68. The normalized spacial score (nSPS) is 28.5. The van der Waals surface area contributed by atoms with Crippen LogP contribution < -0.4 is 5.32 Å². The molecule has 1 aromatic carbocycles. The summed E-state index contributed by atoms with van der Waals surface area (Å²) >= 11 is 0. The molecule has 0 spiro atoms. The van der Waals surface area contributed by atoms with Crippen LogP contribution in [0.4, 0.5) is 4.79 Å². The number of amides is 1. The second kappa shape index (κ2) is 5.02. The zero-order valence-electron chi connectivity index (χ0n) is 13.1. The van der Waals surface area contributed by atoms with Gasteiger partial charge in [0.2, 0.25) is 0 Å². The number of hydrogen-bond acceptors (Lipinski definition) is 3. The molecule has 2 fully saturated rings. The summed E-state index contributed by atoms with van der Waals surface area (Å²) < 4.78 is 5.53. The standard InChI is InChI=1S/C17H24N2O2/c1-16(2,3)21-15(20)19-11-14-17(12-19,9-10-18-14)13-7-5-4-6-8-13/h4-8,14,18H,9-12H2,1-3H3. The third-order valence-electron chi connectivity index (χ3n) is 4.51. The van der Waals surface area contributed by atoms with Crippen LogP contribution in [0.3, 0.4) is 0 Å². The number of rotatable bonds is 1. The lowest BCUT2D eigenvalue weighted by Crippen LogP contribution is -2.38. The molecule has 3 rings (SSSR count). The second-order valence-corrected chi connectivity index (χ2v) is 7.14. The maximum Gasteiger partial charge on any atom is 0.410 e. The monoisotopic (exact) mass is 288 g/mol. The first-order chi connectivity index (χ1) is 9.91. The molecule has 1 aromatic rings. The first kappa shape index (κ1) is 14.4. The fraction of sp³-hybridized carbons (Fsp3) is 0.588. The molecule has 0 bridgehead atoms. The van der Waals surface area contributed by atoms with Gasteiger partial charge in [-0.2, -0.15) is 0 Å². The molecule has 21 heavy (non-hydrogen) atoms. The second-order valence-electron chi connectivity index (χ2n) is 7.14. The van der Waals surface area contributed by atoms with Crippen LogP contribution in [-0.4, -0.2) is 42.3 Å². The van der Waals surface area contributed by atoms with Gasteiger partial charge in [-0.25, -0.2) is 4.79 Å². The molecule has 2 atom stereocenters. The molecule has 4 heteroatoms. The molecule has 2 heterocycles. The summed E-state index contributed by atoms with van der Waals surface area (Å²) in [4.78, 5) is 14.2. The molecule has 2 saturated heterocycles. The van der Waals surface area contributed by atoms with Crippen molar-refractivity contribution in [1.82, 2.24) is 10.2 Å². The Morgan fingerprint density at radius 1 is 1.33 bits per heavy atom. The fourth-order valence-corrected chi connectivity index (χ4v) is 3.57. The Morgan fingerprint density at radius 2 is 2.05 bits per heavy atom. The van der Waals surface area contributed by atoms with Crippen LogP contribution in [0.5, 0.6) is 0 Å². The first-order valence-corrected chi connectivity index (χ1v) is 7.68. The Labute approximate surface area is 126 Å². The van der Waals surface area contributed by atoms with Gasteiger partial charge in [0.1, 0.15) is 5.60 Å². The predicted octanol–water partition coefficient (Wildman–Crippen LogP) is 2.54. The van der Waals surface area contributed by atoms with Crippen LogP contribution in [0.25, 0.3) is 0 Å². The Morgan fingerprint density at radius 3 is 2.71 bits per heavy atom. The summed E-state index contributed by atoms with van der Waals surface area (Å²) in [5.41, 5.74) is 0.923. The van der Waals surface area contributed by atoms with Gasteiger partial charge in [0.25, 0.3) is 0 Å². The highest BCUT2D eigenvalue weighted by Gasteiger charge is 2.52. The van der Waals surface area contributed by atoms with Crippen molar-refractivity contribution in [3.63, 3.8) is 0 Å². The van der Waals surface area contributed by atoms with Gasteiger partial charge in [0.05, 0.1) is 0 Å². The SMILES string of the molecule is CC(C)(C)OC(=O)N1CC2NCCC2(c2ccccc2)C1. The molecule has 0 aliphatic carbocycles. The van der Waals surface area contributed by atoms with Crippen molar-refractivity contribution in [2.24, 2.45) is 0 Å². The molecule has 0 aromatic heterocycles. The zero-order valence-corrected chi connectivity index (χ0v) is 13.1. The Hall–Kier alpha value is -1.55. The van der Waals surface area contributed by atoms with Crippen LogP contribution in [0, 0.1) is 0 Å². The van der Waals surface area contributed by atoms with Crippen molar-refractivity contribution in [3.05, 3.63) is 35.9 Å². The summed E-state index contributed by atoms with van der Waals surface area (Å²) in [6.07, 6.45) is 0.870. The Kier molecular flexibility index (Phi) is 3.44. The maximum atomic E-state index is 12.3. The van der Waals surface area contributed by atoms with Gasteiger partial charge in [0.15, 0.2) is 0 Å². The summed E-state index contributed by atoms with van der Waals surface area (Å²) in [6.45, 7) is 8.21. The number of likely N-dealkylation sites (tertiary alicyclic amines) is 1. The van der Waals surface area contributed by atoms with E-state index >= 15 is 0 Å². The molecule has 4 nitrogen and oxygen atoms in total. The Balaban J connectivity index is 1.81. The number of nitrogens with zero attached hydrogens (tertiary/aromatic N) is 1. The summed E-state index contributed by atoms with van der Waals surface area (Å²) in [7, 11) is 0. The molecule has 0 saturated carbocycles. The van der Waals surface area contributed by atoms with Gasteiger partial charge in [-0.05, 0) is 39.3 Å². The lowest BCUT2D eigenvalue weighted by Gasteiger charge is -2.29. The number of hydrogen-bond donors (Lipinski definition) is 1. The quantitative estimate of drug-likeness (QED) is 0.863. The van der Waals surface area contributed by atoms with Crippen molar-refractivity contribution < 1.29 is 9.53 Å². The Bertz CT molecular complexity index is 523. The van der Waals surface area contributed by atoms with E-state index in [1.165, 1.54) is 5.56 Å². The number of benzene rings is 1. The molecule has 2 aliphatic heterocycles. The van der Waals surface area contributed by atoms with E-state index in [0.29, 0.717) is 6.04 Å². The highest BCUT2D eigenvalue weighted by molar-refractivity contribution is 5.69. The summed E-state index contributed by atoms with van der Waals surface area (Å²) in [5, 5.41) is 3.56. The predicted molar refractivity (Wildman–Crippen MR) is 82.3 cm³/mol. The van der Waals surface area contributed by atoms with Crippen LogP contribution >= 0.6 is 0 Å². The van der Waals surface area contributed by atoms with Crippen molar-refractivity contribution in [3.8, 4) is 0 Å². The third-order valence-corrected chi connectivity index (χ3v) is 4.51. The van der Waals surface area contributed by atoms with Gasteiger partial charge in [-0.3, -0.25) is 0 Å². The van der Waals surface area contributed by atoms with E-state index in [9.17, 15) is 4.79 Å². The van der Waals surface area contributed by atoms with E-state index in [-0.39, 0.29) is 11.5 Å². The van der Waals surface area contributed by atoms with Gasteiger partial charge < -0.3 is 15.0 Å². The van der Waals surface area contributed by atoms with E-state index in [1.54, 1.807) is 0 Å². The number of carbonyl (C=O) groups is 1. The molecular formula is C17H24N2O2. The van der Waals surface area contributed by atoms with E-state index in [2.05, 4.69) is 29.6 Å². The smallest absolute Gasteiger partial charge is 0.410 e. The third kappa shape index (κ3) is 2.64. The molecule has 114 valence electrons. The minimum atomic E-state index is -0.442. The van der Waals surface area contributed by atoms with Crippen LogP contribution in [-0.2, 0) is 10.2 Å². The highest BCUT2D eigenvalue weighted by atomic mass is 16.6. The van der Waals surface area contributed by atoms with E-state index in [4.69, 9.17) is 4.74 Å². The van der Waals surface area contributed by atoms with Crippen molar-refractivity contribution >= 4 is 6.09 Å². The molecular weight excluding hydrogens is 264 g/mol. The van der Waals surface area contributed by atoms with Crippen LogP contribution in [0.2, 0.25) is 0 Å². The average molecular weight is 288 g/mol. The molecule has 1 amide bonds. The summed E-state index contributed by atoms with van der Waals surface area (Å²) in [6, 6.07) is 10.9. The largest absolute Gasteiger partial charge is 0.444 e. The number of nitrogens with one attached hydrogen (secondary N) is 1. The number of fused-ring (bicyclic) bond motifs is 1. The highest BCUT2D eigenvalue weighted by Crippen LogP contribution is 2.41. The van der Waals surface area contributed by atoms with Gasteiger partial charge >= 0.3 is 6.09 Å². The fourth-order valence-electron chi connectivity index (χ4n) is 3.57. The topological polar surface area (TPSA) is 41.6 Å². The van der Waals surface area contributed by atoms with Gasteiger partial charge in [0, 0.05) is 24.5 Å². The van der Waals surface area contributed by atoms with Crippen molar-refractivity contribution in [2.45, 2.75) is 44.2 Å². The zero-order chi connectivity index (χ0) is 15.1. The molecule has 2 aliphatic rings. The van der Waals surface area contributed by atoms with Gasteiger partial charge in [-0.1, -0.05) is 30.3 Å². The minimum absolute atomic E-state index is 0.0398. The minimum Gasteiger partial charge on any atom is -0.444 e. The van der Waals surface area contributed by atoms with Crippen molar-refractivity contribution in [1.29, 1.82) is 0 Å². The number of ether oxygens (including phenoxy) is 1. The summed E-state index contributed by atoms with van der Waals surface area (Å²) in [5.74, 6) is 0. The lowest BCUT2D eigenvalue weighted by molar-refractivity contribution is 0.0279.